The average Bonchev–Trinajstić information content (AvgIpc) is 2.15. The molecule has 0 bridgehead atoms. The highest BCUT2D eigenvalue weighted by Gasteiger charge is 2.05. The zero-order chi connectivity index (χ0) is 9.68. The van der Waals surface area contributed by atoms with Gasteiger partial charge in [-0.1, -0.05) is 19.9 Å². The molecule has 3 nitrogen and oxygen atoms in total. The van der Waals surface area contributed by atoms with Crippen LogP contribution in [0.15, 0.2) is 24.5 Å². The zero-order valence-corrected chi connectivity index (χ0v) is 8.20. The normalized spacial score (nSPS) is 13.2. The molecular weight excluding hydrogens is 162 g/mol. The smallest absolute Gasteiger partial charge is 0.0437 e. The van der Waals surface area contributed by atoms with Crippen molar-refractivity contribution in [3.63, 3.8) is 0 Å². The largest absolute Gasteiger partial charge is 0.323 e. The minimum absolute atomic E-state index is 0.0381. The van der Waals surface area contributed by atoms with Gasteiger partial charge in [0, 0.05) is 31.0 Å². The molecule has 0 amide bonds. The first-order chi connectivity index (χ1) is 6.20. The standard InChI is InChI=1S/C10H17N3/c1-8(2)13-7-10(11)9-4-3-5-12-6-9/h3-6,8,10,13H,7,11H2,1-2H3. The van der Waals surface area contributed by atoms with Crippen LogP contribution >= 0.6 is 0 Å². The summed E-state index contributed by atoms with van der Waals surface area (Å²) in [5, 5.41) is 3.29. The molecule has 0 saturated heterocycles. The maximum Gasteiger partial charge on any atom is 0.0437 e. The van der Waals surface area contributed by atoms with Crippen molar-refractivity contribution in [1.82, 2.24) is 10.3 Å². The molecule has 0 spiro atoms. The Labute approximate surface area is 79.4 Å². The number of pyridine rings is 1. The van der Waals surface area contributed by atoms with Crippen LogP contribution in [0.1, 0.15) is 25.5 Å². The van der Waals surface area contributed by atoms with E-state index in [9.17, 15) is 0 Å². The van der Waals surface area contributed by atoms with Crippen molar-refractivity contribution in [2.45, 2.75) is 25.9 Å². The summed E-state index contributed by atoms with van der Waals surface area (Å²) in [7, 11) is 0. The lowest BCUT2D eigenvalue weighted by molar-refractivity contribution is 0.537. The third kappa shape index (κ3) is 3.53. The summed E-state index contributed by atoms with van der Waals surface area (Å²) in [6.45, 7) is 5.01. The molecule has 1 rings (SSSR count). The minimum Gasteiger partial charge on any atom is -0.323 e. The summed E-state index contributed by atoms with van der Waals surface area (Å²) in [6.07, 6.45) is 3.57. The molecule has 3 heteroatoms. The van der Waals surface area contributed by atoms with Crippen LogP contribution in [-0.2, 0) is 0 Å². The minimum atomic E-state index is 0.0381. The Hall–Kier alpha value is -0.930. The molecule has 0 aromatic carbocycles. The van der Waals surface area contributed by atoms with Gasteiger partial charge in [0.15, 0.2) is 0 Å². The number of nitrogens with zero attached hydrogens (tertiary/aromatic N) is 1. The summed E-state index contributed by atoms with van der Waals surface area (Å²) >= 11 is 0. The van der Waals surface area contributed by atoms with Crippen LogP contribution in [0.3, 0.4) is 0 Å². The predicted octanol–water partition coefficient (Wildman–Crippen LogP) is 1.08. The van der Waals surface area contributed by atoms with Crippen molar-refractivity contribution in [2.75, 3.05) is 6.54 Å². The van der Waals surface area contributed by atoms with Gasteiger partial charge in [0.25, 0.3) is 0 Å². The van der Waals surface area contributed by atoms with Crippen LogP contribution in [-0.4, -0.2) is 17.6 Å². The SMILES string of the molecule is CC(C)NCC(N)c1cccnc1. The third-order valence-electron chi connectivity index (χ3n) is 1.86. The van der Waals surface area contributed by atoms with Crippen molar-refractivity contribution in [1.29, 1.82) is 0 Å². The van der Waals surface area contributed by atoms with Gasteiger partial charge in [0.1, 0.15) is 0 Å². The fourth-order valence-electron chi connectivity index (χ4n) is 1.08. The van der Waals surface area contributed by atoms with E-state index in [4.69, 9.17) is 5.73 Å². The van der Waals surface area contributed by atoms with Crippen molar-refractivity contribution in [3.8, 4) is 0 Å². The van der Waals surface area contributed by atoms with E-state index in [1.807, 2.05) is 18.3 Å². The van der Waals surface area contributed by atoms with Gasteiger partial charge < -0.3 is 11.1 Å². The fraction of sp³-hybridized carbons (Fsp3) is 0.500. The van der Waals surface area contributed by atoms with Crippen molar-refractivity contribution in [3.05, 3.63) is 30.1 Å². The van der Waals surface area contributed by atoms with Crippen molar-refractivity contribution < 1.29 is 0 Å². The van der Waals surface area contributed by atoms with E-state index in [0.29, 0.717) is 6.04 Å². The molecule has 1 aromatic rings. The first-order valence-corrected chi connectivity index (χ1v) is 4.59. The highest BCUT2D eigenvalue weighted by molar-refractivity contribution is 5.13. The van der Waals surface area contributed by atoms with E-state index >= 15 is 0 Å². The van der Waals surface area contributed by atoms with Crippen LogP contribution in [0.5, 0.6) is 0 Å². The Morgan fingerprint density at radius 1 is 1.54 bits per heavy atom. The summed E-state index contributed by atoms with van der Waals surface area (Å²) in [5.74, 6) is 0. The van der Waals surface area contributed by atoms with Gasteiger partial charge in [-0.15, -0.1) is 0 Å². The Kier molecular flexibility index (Phi) is 3.86. The van der Waals surface area contributed by atoms with Gasteiger partial charge in [0.2, 0.25) is 0 Å². The van der Waals surface area contributed by atoms with Crippen LogP contribution in [0.25, 0.3) is 0 Å². The quantitative estimate of drug-likeness (QED) is 0.727. The monoisotopic (exact) mass is 179 g/mol. The molecule has 72 valence electrons. The molecule has 3 N–H and O–H groups in total. The lowest BCUT2D eigenvalue weighted by Crippen LogP contribution is -2.31. The first kappa shape index (κ1) is 10.2. The van der Waals surface area contributed by atoms with Gasteiger partial charge in [-0.3, -0.25) is 4.98 Å². The second kappa shape index (κ2) is 4.94. The lowest BCUT2D eigenvalue weighted by atomic mass is 10.1. The molecule has 0 fully saturated rings. The highest BCUT2D eigenvalue weighted by atomic mass is 14.9. The van der Waals surface area contributed by atoms with Crippen LogP contribution in [0.2, 0.25) is 0 Å². The second-order valence-electron chi connectivity index (χ2n) is 3.46. The third-order valence-corrected chi connectivity index (χ3v) is 1.86. The van der Waals surface area contributed by atoms with E-state index in [1.165, 1.54) is 0 Å². The summed E-state index contributed by atoms with van der Waals surface area (Å²) < 4.78 is 0. The summed E-state index contributed by atoms with van der Waals surface area (Å²) in [5.41, 5.74) is 7.02. The van der Waals surface area contributed by atoms with Crippen LogP contribution < -0.4 is 11.1 Å². The number of nitrogens with one attached hydrogen (secondary N) is 1. The number of aromatic nitrogens is 1. The maximum atomic E-state index is 5.94. The summed E-state index contributed by atoms with van der Waals surface area (Å²) in [6, 6.07) is 4.42. The summed E-state index contributed by atoms with van der Waals surface area (Å²) in [4.78, 5) is 4.03. The predicted molar refractivity (Wildman–Crippen MR) is 54.3 cm³/mol. The van der Waals surface area contributed by atoms with E-state index in [0.717, 1.165) is 12.1 Å². The van der Waals surface area contributed by atoms with Crippen LogP contribution in [0, 0.1) is 0 Å². The number of hydrogen-bond acceptors (Lipinski definition) is 3. The van der Waals surface area contributed by atoms with Gasteiger partial charge >= 0.3 is 0 Å². The Morgan fingerprint density at radius 3 is 2.85 bits per heavy atom. The molecule has 13 heavy (non-hydrogen) atoms. The van der Waals surface area contributed by atoms with Gasteiger partial charge in [0.05, 0.1) is 0 Å². The number of nitrogens with two attached hydrogens (primary N) is 1. The molecule has 0 aliphatic rings. The Balaban J connectivity index is 2.44. The highest BCUT2D eigenvalue weighted by Crippen LogP contribution is 2.06. The second-order valence-corrected chi connectivity index (χ2v) is 3.46. The molecule has 0 aliphatic heterocycles. The topological polar surface area (TPSA) is 50.9 Å². The van der Waals surface area contributed by atoms with E-state index < -0.39 is 0 Å². The molecule has 1 atom stereocenters. The molecular formula is C10H17N3. The molecule has 0 aliphatic carbocycles. The van der Waals surface area contributed by atoms with E-state index in [2.05, 4.69) is 24.1 Å². The molecule has 0 saturated carbocycles. The lowest BCUT2D eigenvalue weighted by Gasteiger charge is -2.14. The molecule has 0 radical (unpaired) electrons. The maximum absolute atomic E-state index is 5.94. The number of hydrogen-bond donors (Lipinski definition) is 2. The fourth-order valence-corrected chi connectivity index (χ4v) is 1.08. The molecule has 1 aromatic heterocycles. The molecule has 1 unspecified atom stereocenters. The first-order valence-electron chi connectivity index (χ1n) is 4.59. The van der Waals surface area contributed by atoms with E-state index in [1.54, 1.807) is 6.20 Å². The van der Waals surface area contributed by atoms with E-state index in [-0.39, 0.29) is 6.04 Å². The van der Waals surface area contributed by atoms with Crippen LogP contribution in [0.4, 0.5) is 0 Å². The van der Waals surface area contributed by atoms with Crippen molar-refractivity contribution >= 4 is 0 Å². The van der Waals surface area contributed by atoms with Gasteiger partial charge in [-0.05, 0) is 11.6 Å². The van der Waals surface area contributed by atoms with Gasteiger partial charge in [-0.25, -0.2) is 0 Å². The molecule has 1 heterocycles. The Bertz CT molecular complexity index is 233. The Morgan fingerprint density at radius 2 is 2.31 bits per heavy atom. The zero-order valence-electron chi connectivity index (χ0n) is 8.20. The number of rotatable bonds is 4. The average molecular weight is 179 g/mol. The van der Waals surface area contributed by atoms with Crippen molar-refractivity contribution in [2.24, 2.45) is 5.73 Å². The van der Waals surface area contributed by atoms with Gasteiger partial charge in [-0.2, -0.15) is 0 Å².